The van der Waals surface area contributed by atoms with Crippen molar-refractivity contribution in [3.8, 4) is 0 Å². The normalized spacial score (nSPS) is 23.2. The van der Waals surface area contributed by atoms with Gasteiger partial charge in [0.15, 0.2) is 22.4 Å². The van der Waals surface area contributed by atoms with E-state index in [9.17, 15) is 4.79 Å². The Hall–Kier alpha value is -0.496. The van der Waals surface area contributed by atoms with Crippen LogP contribution in [0.25, 0.3) is 0 Å². The third-order valence-corrected chi connectivity index (χ3v) is 17.1. The first-order valence-corrected chi connectivity index (χ1v) is 18.4. The van der Waals surface area contributed by atoms with Crippen LogP contribution in [0.2, 0.25) is 36.3 Å². The van der Waals surface area contributed by atoms with Gasteiger partial charge in [-0.25, -0.2) is 0 Å². The van der Waals surface area contributed by atoms with E-state index in [0.29, 0.717) is 12.0 Å². The first-order valence-electron chi connectivity index (χ1n) is 12.6. The molecule has 0 aromatic carbocycles. The predicted octanol–water partition coefficient (Wildman–Crippen LogP) is 8.44. The Balaban J connectivity index is 3.22. The lowest BCUT2D eigenvalue weighted by Gasteiger charge is -2.43. The van der Waals surface area contributed by atoms with Gasteiger partial charge in [-0.15, -0.1) is 0 Å². The van der Waals surface area contributed by atoms with Gasteiger partial charge in [0.25, 0.3) is 0 Å². The molecule has 1 rings (SSSR count). The maximum Gasteiger partial charge on any atom is 0.193 e. The summed E-state index contributed by atoms with van der Waals surface area (Å²) in [4.78, 5) is 12.6. The molecular formula is C27H52O3Si2. The summed E-state index contributed by atoms with van der Waals surface area (Å²) < 4.78 is 13.7. The SMILES string of the molecule is C=C1C(=O)C[C@H](O[Si](C)(C)C(C)(C)C)[C@H]1C=CC(C)(CCCCC)O[Si](C)(C)C(C)(C)C. The van der Waals surface area contributed by atoms with Crippen LogP contribution in [0.3, 0.4) is 0 Å². The minimum atomic E-state index is -1.99. The van der Waals surface area contributed by atoms with Crippen LogP contribution >= 0.6 is 0 Å². The highest BCUT2D eigenvalue weighted by Gasteiger charge is 2.45. The topological polar surface area (TPSA) is 35.5 Å². The maximum atomic E-state index is 12.6. The quantitative estimate of drug-likeness (QED) is 0.136. The minimum Gasteiger partial charge on any atom is -0.413 e. The molecule has 1 aliphatic rings. The fourth-order valence-electron chi connectivity index (χ4n) is 3.70. The van der Waals surface area contributed by atoms with Gasteiger partial charge in [-0.1, -0.05) is 86.5 Å². The third-order valence-electron chi connectivity index (χ3n) is 8.03. The molecule has 1 fully saturated rings. The fraction of sp³-hybridized carbons (Fsp3) is 0.815. The summed E-state index contributed by atoms with van der Waals surface area (Å²) in [5, 5.41) is 0.252. The van der Waals surface area contributed by atoms with E-state index in [0.717, 1.165) is 12.8 Å². The average Bonchev–Trinajstić information content (AvgIpc) is 2.84. The lowest BCUT2D eigenvalue weighted by Crippen LogP contribution is -2.48. The van der Waals surface area contributed by atoms with Gasteiger partial charge in [0.1, 0.15) is 0 Å². The lowest BCUT2D eigenvalue weighted by atomic mass is 9.94. The van der Waals surface area contributed by atoms with E-state index in [1.807, 2.05) is 0 Å². The van der Waals surface area contributed by atoms with Crippen LogP contribution in [-0.2, 0) is 13.6 Å². The number of carbonyl (C=O) groups excluding carboxylic acids is 1. The minimum absolute atomic E-state index is 0.0647. The Labute approximate surface area is 201 Å². The molecule has 0 heterocycles. The van der Waals surface area contributed by atoms with Crippen LogP contribution in [-0.4, -0.2) is 34.1 Å². The van der Waals surface area contributed by atoms with Gasteiger partial charge >= 0.3 is 0 Å². The molecule has 0 bridgehead atoms. The van der Waals surface area contributed by atoms with E-state index in [-0.39, 0.29) is 33.5 Å². The van der Waals surface area contributed by atoms with Crippen molar-refractivity contribution in [3.05, 3.63) is 24.3 Å². The van der Waals surface area contributed by atoms with Crippen LogP contribution in [0.5, 0.6) is 0 Å². The maximum absolute atomic E-state index is 12.6. The summed E-state index contributed by atoms with van der Waals surface area (Å²) in [6.07, 6.45) is 9.27. The Kier molecular flexibility index (Phi) is 9.61. The van der Waals surface area contributed by atoms with Crippen LogP contribution < -0.4 is 0 Å². The van der Waals surface area contributed by atoms with Crippen molar-refractivity contribution in [1.82, 2.24) is 0 Å². The molecule has 0 N–H and O–H groups in total. The van der Waals surface area contributed by atoms with Gasteiger partial charge in [0.05, 0.1) is 11.7 Å². The summed E-state index contributed by atoms with van der Waals surface area (Å²) in [6, 6.07) is 0. The molecule has 1 aliphatic carbocycles. The summed E-state index contributed by atoms with van der Waals surface area (Å²) >= 11 is 0. The zero-order chi connectivity index (χ0) is 25.2. The van der Waals surface area contributed by atoms with Gasteiger partial charge in [0, 0.05) is 12.3 Å². The highest BCUT2D eigenvalue weighted by molar-refractivity contribution is 6.74. The Bertz CT molecular complexity index is 695. The van der Waals surface area contributed by atoms with Crippen molar-refractivity contribution in [1.29, 1.82) is 0 Å². The Morgan fingerprint density at radius 1 is 0.969 bits per heavy atom. The van der Waals surface area contributed by atoms with Crippen molar-refractivity contribution in [3.63, 3.8) is 0 Å². The number of hydrogen-bond donors (Lipinski definition) is 0. The Morgan fingerprint density at radius 3 is 1.97 bits per heavy atom. The molecule has 5 heteroatoms. The molecule has 0 radical (unpaired) electrons. The smallest absolute Gasteiger partial charge is 0.193 e. The van der Waals surface area contributed by atoms with E-state index in [4.69, 9.17) is 8.85 Å². The molecule has 3 nitrogen and oxygen atoms in total. The molecule has 0 spiro atoms. The van der Waals surface area contributed by atoms with Gasteiger partial charge in [-0.2, -0.15) is 0 Å². The molecule has 32 heavy (non-hydrogen) atoms. The second kappa shape index (κ2) is 10.4. The largest absolute Gasteiger partial charge is 0.413 e. The molecule has 0 amide bonds. The number of unbranched alkanes of at least 4 members (excludes halogenated alkanes) is 2. The summed E-state index contributed by atoms with van der Waals surface area (Å²) in [6.45, 7) is 31.4. The number of hydrogen-bond acceptors (Lipinski definition) is 3. The van der Waals surface area contributed by atoms with E-state index in [1.54, 1.807) is 0 Å². The zero-order valence-electron chi connectivity index (χ0n) is 23.3. The lowest BCUT2D eigenvalue weighted by molar-refractivity contribution is -0.115. The summed E-state index contributed by atoms with van der Waals surface area (Å²) in [5.41, 5.74) is 0.346. The van der Waals surface area contributed by atoms with E-state index < -0.39 is 16.6 Å². The van der Waals surface area contributed by atoms with Gasteiger partial charge < -0.3 is 8.85 Å². The van der Waals surface area contributed by atoms with E-state index >= 15 is 0 Å². The monoisotopic (exact) mass is 480 g/mol. The molecule has 1 saturated carbocycles. The fourth-order valence-corrected chi connectivity index (χ4v) is 6.68. The average molecular weight is 481 g/mol. The van der Waals surface area contributed by atoms with Gasteiger partial charge in [0.2, 0.25) is 0 Å². The standard InChI is InChI=1S/C27H52O3Si2/c1-14-15-16-18-27(9,30-32(12,13)26(6,7)8)19-17-22-21(2)23(28)20-24(22)29-31(10,11)25(3,4)5/h17,19,22,24H,2,14-16,18,20H2,1,3-13H3/t22-,24-,27?/m0/s1. The predicted molar refractivity (Wildman–Crippen MR) is 144 cm³/mol. The number of Topliss-reactive ketones (excluding diaryl/α,β-unsaturated/α-hetero) is 1. The number of carbonyl (C=O) groups is 1. The zero-order valence-corrected chi connectivity index (χ0v) is 25.3. The van der Waals surface area contributed by atoms with Crippen LogP contribution in [0.15, 0.2) is 24.3 Å². The van der Waals surface area contributed by atoms with Gasteiger partial charge in [-0.05, 0) is 55.2 Å². The molecule has 0 saturated heterocycles. The second-order valence-electron chi connectivity index (χ2n) is 13.1. The van der Waals surface area contributed by atoms with Crippen molar-refractivity contribution >= 4 is 22.4 Å². The number of rotatable bonds is 10. The van der Waals surface area contributed by atoms with Crippen LogP contribution in [0.4, 0.5) is 0 Å². The highest BCUT2D eigenvalue weighted by atomic mass is 28.4. The van der Waals surface area contributed by atoms with Gasteiger partial charge in [-0.3, -0.25) is 4.79 Å². The van der Waals surface area contributed by atoms with Crippen molar-refractivity contribution in [2.45, 2.75) is 135 Å². The molecule has 186 valence electrons. The van der Waals surface area contributed by atoms with E-state index in [1.165, 1.54) is 12.8 Å². The molecule has 3 atom stereocenters. The molecule has 0 aromatic heterocycles. The molecule has 0 aromatic rings. The molecular weight excluding hydrogens is 428 g/mol. The Morgan fingerprint density at radius 2 is 1.50 bits per heavy atom. The second-order valence-corrected chi connectivity index (χ2v) is 22.6. The summed E-state index contributed by atoms with van der Waals surface area (Å²) in [5.74, 6) is 0.0755. The van der Waals surface area contributed by atoms with E-state index in [2.05, 4.69) is 100 Å². The summed E-state index contributed by atoms with van der Waals surface area (Å²) in [7, 11) is -3.94. The van der Waals surface area contributed by atoms with Crippen molar-refractivity contribution in [2.75, 3.05) is 0 Å². The first kappa shape index (κ1) is 29.5. The van der Waals surface area contributed by atoms with Crippen LogP contribution in [0.1, 0.15) is 87.5 Å². The van der Waals surface area contributed by atoms with Crippen LogP contribution in [0, 0.1) is 5.92 Å². The third kappa shape index (κ3) is 7.51. The van der Waals surface area contributed by atoms with Crippen molar-refractivity contribution in [2.24, 2.45) is 5.92 Å². The number of ketones is 1. The molecule has 0 aliphatic heterocycles. The van der Waals surface area contributed by atoms with Crippen molar-refractivity contribution < 1.29 is 13.6 Å². The molecule has 1 unspecified atom stereocenters. The highest BCUT2D eigenvalue weighted by Crippen LogP contribution is 2.43. The first-order chi connectivity index (χ1) is 14.3.